The number of rotatable bonds is 5. The summed E-state index contributed by atoms with van der Waals surface area (Å²) in [5.74, 6) is -0.736. The number of phenolic OH excluding ortho intramolecular Hbond substituents is 1. The zero-order chi connectivity index (χ0) is 17.7. The van der Waals surface area contributed by atoms with E-state index in [1.165, 1.54) is 24.4 Å². The molecule has 8 heteroatoms. The molecule has 0 bridgehead atoms. The number of amides is 1. The van der Waals surface area contributed by atoms with E-state index in [1.54, 1.807) is 43.3 Å². The fourth-order valence-corrected chi connectivity index (χ4v) is 2.04. The van der Waals surface area contributed by atoms with Gasteiger partial charge in [-0.15, -0.1) is 0 Å². The molecule has 0 atom stereocenters. The van der Waals surface area contributed by atoms with Gasteiger partial charge in [0.15, 0.2) is 0 Å². The second kappa shape index (κ2) is 7.23. The fourth-order valence-electron chi connectivity index (χ4n) is 2.04. The van der Waals surface area contributed by atoms with Crippen molar-refractivity contribution >= 4 is 23.5 Å². The summed E-state index contributed by atoms with van der Waals surface area (Å²) in [6.45, 7) is 0. The molecule has 0 saturated carbocycles. The Kier molecular flexibility index (Phi) is 5.10. The number of nitro benzene ring substituents is 1. The van der Waals surface area contributed by atoms with Crippen LogP contribution in [-0.2, 0) is 0 Å². The van der Waals surface area contributed by atoms with Gasteiger partial charge in [-0.3, -0.25) is 14.9 Å². The molecule has 0 fully saturated rings. The molecule has 0 radical (unpaired) electrons. The van der Waals surface area contributed by atoms with Crippen LogP contribution in [0.15, 0.2) is 47.6 Å². The molecule has 0 aromatic heterocycles. The summed E-state index contributed by atoms with van der Waals surface area (Å²) in [4.78, 5) is 24.2. The second-order valence-corrected chi connectivity index (χ2v) is 5.12. The number of phenols is 1. The third kappa shape index (κ3) is 3.86. The molecule has 24 heavy (non-hydrogen) atoms. The number of aromatic hydroxyl groups is 1. The Morgan fingerprint density at radius 2 is 2.00 bits per heavy atom. The minimum atomic E-state index is -0.580. The molecule has 2 aromatic carbocycles. The molecule has 0 spiro atoms. The summed E-state index contributed by atoms with van der Waals surface area (Å²) in [6.07, 6.45) is 1.30. The van der Waals surface area contributed by atoms with Gasteiger partial charge < -0.3 is 10.0 Å². The highest BCUT2D eigenvalue weighted by molar-refractivity contribution is 5.97. The predicted molar refractivity (Wildman–Crippen MR) is 90.6 cm³/mol. The molecule has 0 aliphatic rings. The van der Waals surface area contributed by atoms with Crippen molar-refractivity contribution in [1.29, 1.82) is 0 Å². The van der Waals surface area contributed by atoms with E-state index in [0.29, 0.717) is 11.3 Å². The number of hydrazone groups is 1. The van der Waals surface area contributed by atoms with Gasteiger partial charge in [-0.05, 0) is 18.2 Å². The van der Waals surface area contributed by atoms with Crippen molar-refractivity contribution in [3.05, 3.63) is 63.7 Å². The van der Waals surface area contributed by atoms with Gasteiger partial charge in [-0.2, -0.15) is 5.10 Å². The smallest absolute Gasteiger partial charge is 0.293 e. The Balaban J connectivity index is 2.15. The Hall–Kier alpha value is -3.42. The average molecular weight is 328 g/mol. The van der Waals surface area contributed by atoms with Crippen LogP contribution in [0.25, 0.3) is 0 Å². The van der Waals surface area contributed by atoms with E-state index in [1.807, 2.05) is 0 Å². The molecule has 0 unspecified atom stereocenters. The van der Waals surface area contributed by atoms with Gasteiger partial charge in [-0.1, -0.05) is 18.2 Å². The first-order valence-electron chi connectivity index (χ1n) is 6.97. The molecule has 0 aliphatic heterocycles. The monoisotopic (exact) mass is 328 g/mol. The highest BCUT2D eigenvalue weighted by Gasteiger charge is 2.15. The zero-order valence-electron chi connectivity index (χ0n) is 13.1. The van der Waals surface area contributed by atoms with Gasteiger partial charge in [0.1, 0.15) is 11.4 Å². The van der Waals surface area contributed by atoms with Crippen LogP contribution in [0.4, 0.5) is 11.4 Å². The van der Waals surface area contributed by atoms with Crippen molar-refractivity contribution in [1.82, 2.24) is 5.43 Å². The van der Waals surface area contributed by atoms with Crippen LogP contribution in [0, 0.1) is 10.1 Å². The van der Waals surface area contributed by atoms with E-state index in [9.17, 15) is 20.0 Å². The Bertz CT molecular complexity index is 802. The summed E-state index contributed by atoms with van der Waals surface area (Å²) in [5.41, 5.74) is 3.22. The largest absolute Gasteiger partial charge is 0.507 e. The highest BCUT2D eigenvalue weighted by Crippen LogP contribution is 2.27. The minimum absolute atomic E-state index is 0.0593. The van der Waals surface area contributed by atoms with Crippen molar-refractivity contribution in [2.45, 2.75) is 0 Å². The maximum absolute atomic E-state index is 11.9. The number of hydrogen-bond acceptors (Lipinski definition) is 6. The minimum Gasteiger partial charge on any atom is -0.507 e. The predicted octanol–water partition coefficient (Wildman–Crippen LogP) is 2.13. The second-order valence-electron chi connectivity index (χ2n) is 5.12. The van der Waals surface area contributed by atoms with E-state index in [2.05, 4.69) is 10.5 Å². The number of para-hydroxylation sites is 1. The van der Waals surface area contributed by atoms with Gasteiger partial charge in [0.2, 0.25) is 0 Å². The van der Waals surface area contributed by atoms with Crippen LogP contribution in [0.1, 0.15) is 15.9 Å². The van der Waals surface area contributed by atoms with Crippen molar-refractivity contribution in [2.24, 2.45) is 5.10 Å². The number of nitrogens with zero attached hydrogens (tertiary/aromatic N) is 3. The van der Waals surface area contributed by atoms with E-state index < -0.39 is 10.8 Å². The maximum Gasteiger partial charge on any atom is 0.293 e. The number of nitro groups is 1. The van der Waals surface area contributed by atoms with Crippen molar-refractivity contribution in [2.75, 3.05) is 19.0 Å². The molecular formula is C16H16N4O4. The third-order valence-corrected chi connectivity index (χ3v) is 3.21. The van der Waals surface area contributed by atoms with E-state index in [-0.39, 0.29) is 17.0 Å². The van der Waals surface area contributed by atoms with Gasteiger partial charge in [-0.25, -0.2) is 5.43 Å². The molecule has 8 nitrogen and oxygen atoms in total. The van der Waals surface area contributed by atoms with Crippen molar-refractivity contribution in [3.8, 4) is 5.75 Å². The molecule has 2 N–H and O–H groups in total. The average Bonchev–Trinajstić information content (AvgIpc) is 2.54. The van der Waals surface area contributed by atoms with Crippen LogP contribution in [0.3, 0.4) is 0 Å². The van der Waals surface area contributed by atoms with Crippen LogP contribution >= 0.6 is 0 Å². The zero-order valence-corrected chi connectivity index (χ0v) is 13.1. The molecule has 2 rings (SSSR count). The summed E-state index contributed by atoms with van der Waals surface area (Å²) in [7, 11) is 3.42. The number of nitrogens with one attached hydrogen (secondary N) is 1. The molecular weight excluding hydrogens is 312 g/mol. The lowest BCUT2D eigenvalue weighted by atomic mass is 10.2. The standard InChI is InChI=1S/C16H16N4O4/c1-19(2)13-8-7-11(9-14(13)20(23)24)10-17-18-16(22)12-5-3-4-6-15(12)21/h3-10,21H,1-2H3,(H,18,22)/b17-10+. The van der Waals surface area contributed by atoms with E-state index in [0.717, 1.165) is 0 Å². The summed E-state index contributed by atoms with van der Waals surface area (Å²) in [5, 5.41) is 24.5. The first kappa shape index (κ1) is 16.9. The SMILES string of the molecule is CN(C)c1ccc(/C=N/NC(=O)c2ccccc2O)cc1[N+](=O)[O-]. The van der Waals surface area contributed by atoms with Gasteiger partial charge in [0.05, 0.1) is 16.7 Å². The molecule has 0 heterocycles. The number of hydrogen-bond donors (Lipinski definition) is 2. The van der Waals surface area contributed by atoms with Crippen LogP contribution < -0.4 is 10.3 Å². The lowest BCUT2D eigenvalue weighted by molar-refractivity contribution is -0.384. The number of carbonyl (C=O) groups is 1. The number of carbonyl (C=O) groups excluding carboxylic acids is 1. The van der Waals surface area contributed by atoms with Gasteiger partial charge in [0, 0.05) is 25.7 Å². The Morgan fingerprint density at radius 1 is 1.29 bits per heavy atom. The van der Waals surface area contributed by atoms with Crippen LogP contribution in [0.5, 0.6) is 5.75 Å². The quantitative estimate of drug-likeness (QED) is 0.496. The normalized spacial score (nSPS) is 10.6. The van der Waals surface area contributed by atoms with Gasteiger partial charge in [0.25, 0.3) is 11.6 Å². The maximum atomic E-state index is 11.9. The lowest BCUT2D eigenvalue weighted by Gasteiger charge is -2.12. The third-order valence-electron chi connectivity index (χ3n) is 3.21. The first-order chi connectivity index (χ1) is 11.4. The fraction of sp³-hybridized carbons (Fsp3) is 0.125. The van der Waals surface area contributed by atoms with E-state index >= 15 is 0 Å². The van der Waals surface area contributed by atoms with Crippen molar-refractivity contribution < 1.29 is 14.8 Å². The number of anilines is 1. The topological polar surface area (TPSA) is 108 Å². The summed E-state index contributed by atoms with van der Waals surface area (Å²) >= 11 is 0. The Morgan fingerprint density at radius 3 is 2.62 bits per heavy atom. The van der Waals surface area contributed by atoms with Gasteiger partial charge >= 0.3 is 0 Å². The first-order valence-corrected chi connectivity index (χ1v) is 6.97. The highest BCUT2D eigenvalue weighted by atomic mass is 16.6. The molecule has 1 amide bonds. The molecule has 2 aromatic rings. The summed E-state index contributed by atoms with van der Waals surface area (Å²) < 4.78 is 0. The molecule has 0 aliphatic carbocycles. The van der Waals surface area contributed by atoms with Crippen molar-refractivity contribution in [3.63, 3.8) is 0 Å². The number of benzene rings is 2. The summed E-state index contributed by atoms with van der Waals surface area (Å²) in [6, 6.07) is 10.7. The van der Waals surface area contributed by atoms with E-state index in [4.69, 9.17) is 0 Å². The lowest BCUT2D eigenvalue weighted by Crippen LogP contribution is -2.17. The van der Waals surface area contributed by atoms with Crippen LogP contribution in [0.2, 0.25) is 0 Å². The molecule has 0 saturated heterocycles. The Labute approximate surface area is 138 Å². The van der Waals surface area contributed by atoms with Crippen LogP contribution in [-0.4, -0.2) is 36.2 Å². The molecule has 124 valence electrons.